The van der Waals surface area contributed by atoms with E-state index in [2.05, 4.69) is 11.2 Å². The number of hydrogen-bond donors (Lipinski definition) is 0. The molecule has 3 aromatic rings. The topological polar surface area (TPSA) is 44.1 Å². The first-order chi connectivity index (χ1) is 11.2. The third-order valence-corrected chi connectivity index (χ3v) is 3.67. The van der Waals surface area contributed by atoms with Crippen LogP contribution >= 0.6 is 0 Å². The van der Waals surface area contributed by atoms with Gasteiger partial charge in [-0.3, -0.25) is 9.48 Å². The average Bonchev–Trinajstić information content (AvgIpc) is 2.99. The molecular formula is C19H18N2O2. The van der Waals surface area contributed by atoms with Crippen LogP contribution in [-0.4, -0.2) is 22.9 Å². The minimum atomic E-state index is -0.318. The van der Waals surface area contributed by atoms with Gasteiger partial charge < -0.3 is 4.74 Å². The number of carbonyl (C=O) groups is 1. The van der Waals surface area contributed by atoms with E-state index in [1.54, 1.807) is 4.68 Å². The molecule has 1 aromatic heterocycles. The fraction of sp³-hybridized carbons (Fsp3) is 0.158. The van der Waals surface area contributed by atoms with Crippen molar-refractivity contribution in [2.45, 2.75) is 13.5 Å². The van der Waals surface area contributed by atoms with Crippen LogP contribution in [0.4, 0.5) is 0 Å². The molecule has 4 nitrogen and oxygen atoms in total. The van der Waals surface area contributed by atoms with E-state index in [9.17, 15) is 4.79 Å². The van der Waals surface area contributed by atoms with E-state index in [1.807, 2.05) is 61.5 Å². The maximum Gasteiger partial charge on any atom is 0.327 e. The van der Waals surface area contributed by atoms with Gasteiger partial charge in [0.15, 0.2) is 0 Å². The molecule has 0 atom stereocenters. The van der Waals surface area contributed by atoms with Crippen molar-refractivity contribution in [3.8, 4) is 22.5 Å². The summed E-state index contributed by atoms with van der Waals surface area (Å²) in [6.45, 7) is 2.14. The van der Waals surface area contributed by atoms with Crippen molar-refractivity contribution in [2.75, 3.05) is 7.11 Å². The standard InChI is InChI=1S/C19H18N2O2/c1-14-7-6-10-16(11-14)17-12-18(15-8-4-3-5-9-15)21(20-17)13-19(22)23-2/h3-12H,13H2,1-2H3. The van der Waals surface area contributed by atoms with Crippen molar-refractivity contribution in [2.24, 2.45) is 0 Å². The van der Waals surface area contributed by atoms with Gasteiger partial charge in [0.2, 0.25) is 0 Å². The molecule has 3 rings (SSSR count). The predicted molar refractivity (Wildman–Crippen MR) is 89.9 cm³/mol. The van der Waals surface area contributed by atoms with Crippen molar-refractivity contribution >= 4 is 5.97 Å². The molecule has 0 N–H and O–H groups in total. The van der Waals surface area contributed by atoms with Gasteiger partial charge in [-0.1, -0.05) is 54.1 Å². The fourth-order valence-electron chi connectivity index (χ4n) is 2.51. The van der Waals surface area contributed by atoms with Crippen LogP contribution in [0, 0.1) is 6.92 Å². The van der Waals surface area contributed by atoms with Gasteiger partial charge in [0.25, 0.3) is 0 Å². The Hall–Kier alpha value is -2.88. The summed E-state index contributed by atoms with van der Waals surface area (Å²) in [5, 5.41) is 4.60. The number of carbonyl (C=O) groups excluding carboxylic acids is 1. The first-order valence-electron chi connectivity index (χ1n) is 7.44. The van der Waals surface area contributed by atoms with Gasteiger partial charge in [-0.25, -0.2) is 0 Å². The van der Waals surface area contributed by atoms with E-state index in [4.69, 9.17) is 4.74 Å². The smallest absolute Gasteiger partial charge is 0.327 e. The van der Waals surface area contributed by atoms with Crippen LogP contribution in [0.3, 0.4) is 0 Å². The van der Waals surface area contributed by atoms with E-state index >= 15 is 0 Å². The van der Waals surface area contributed by atoms with Gasteiger partial charge in [0.1, 0.15) is 6.54 Å². The van der Waals surface area contributed by atoms with Gasteiger partial charge in [-0.05, 0) is 24.6 Å². The zero-order valence-electron chi connectivity index (χ0n) is 13.2. The molecule has 0 aliphatic heterocycles. The van der Waals surface area contributed by atoms with Crippen LogP contribution in [0.15, 0.2) is 60.7 Å². The lowest BCUT2D eigenvalue weighted by atomic mass is 10.1. The van der Waals surface area contributed by atoms with Crippen molar-refractivity contribution < 1.29 is 9.53 Å². The molecule has 0 unspecified atom stereocenters. The number of ether oxygens (including phenoxy) is 1. The van der Waals surface area contributed by atoms with Gasteiger partial charge in [0.05, 0.1) is 18.5 Å². The Morgan fingerprint density at radius 3 is 2.48 bits per heavy atom. The number of nitrogens with zero attached hydrogens (tertiary/aromatic N) is 2. The Kier molecular flexibility index (Phi) is 4.24. The summed E-state index contributed by atoms with van der Waals surface area (Å²) in [5.74, 6) is -0.318. The molecule has 116 valence electrons. The molecule has 0 saturated carbocycles. The summed E-state index contributed by atoms with van der Waals surface area (Å²) < 4.78 is 6.47. The second kappa shape index (κ2) is 6.48. The Bertz CT molecular complexity index is 822. The highest BCUT2D eigenvalue weighted by Crippen LogP contribution is 2.26. The summed E-state index contributed by atoms with van der Waals surface area (Å²) in [6, 6.07) is 20.1. The second-order valence-electron chi connectivity index (χ2n) is 5.38. The summed E-state index contributed by atoms with van der Waals surface area (Å²) >= 11 is 0. The van der Waals surface area contributed by atoms with Crippen molar-refractivity contribution in [1.82, 2.24) is 9.78 Å². The van der Waals surface area contributed by atoms with E-state index in [0.29, 0.717) is 0 Å². The first kappa shape index (κ1) is 15.0. The highest BCUT2D eigenvalue weighted by atomic mass is 16.5. The molecule has 0 saturated heterocycles. The van der Waals surface area contributed by atoms with Crippen molar-refractivity contribution in [3.63, 3.8) is 0 Å². The summed E-state index contributed by atoms with van der Waals surface area (Å²) in [5.41, 5.74) is 4.96. The van der Waals surface area contributed by atoms with Crippen LogP contribution in [0.5, 0.6) is 0 Å². The number of aryl methyl sites for hydroxylation is 1. The Morgan fingerprint density at radius 2 is 1.78 bits per heavy atom. The molecule has 23 heavy (non-hydrogen) atoms. The Labute approximate surface area is 135 Å². The van der Waals surface area contributed by atoms with Crippen LogP contribution in [0.25, 0.3) is 22.5 Å². The van der Waals surface area contributed by atoms with Gasteiger partial charge in [-0.15, -0.1) is 0 Å². The van der Waals surface area contributed by atoms with Gasteiger partial charge in [0, 0.05) is 5.56 Å². The molecule has 0 fully saturated rings. The molecular weight excluding hydrogens is 288 g/mol. The van der Waals surface area contributed by atoms with E-state index in [0.717, 1.165) is 22.5 Å². The molecule has 0 aliphatic carbocycles. The number of aromatic nitrogens is 2. The number of benzene rings is 2. The molecule has 2 aromatic carbocycles. The predicted octanol–water partition coefficient (Wildman–Crippen LogP) is 3.70. The summed E-state index contributed by atoms with van der Waals surface area (Å²) in [6.07, 6.45) is 0. The van der Waals surface area contributed by atoms with Crippen LogP contribution in [-0.2, 0) is 16.1 Å². The number of methoxy groups -OCH3 is 1. The lowest BCUT2D eigenvalue weighted by Gasteiger charge is -2.05. The largest absolute Gasteiger partial charge is 0.468 e. The maximum absolute atomic E-state index is 11.7. The highest BCUT2D eigenvalue weighted by Gasteiger charge is 2.14. The van der Waals surface area contributed by atoms with E-state index in [-0.39, 0.29) is 12.5 Å². The monoisotopic (exact) mass is 306 g/mol. The second-order valence-corrected chi connectivity index (χ2v) is 5.38. The minimum Gasteiger partial charge on any atom is -0.468 e. The molecule has 0 bridgehead atoms. The summed E-state index contributed by atoms with van der Waals surface area (Å²) in [7, 11) is 1.38. The molecule has 0 amide bonds. The highest BCUT2D eigenvalue weighted by molar-refractivity contribution is 5.73. The third kappa shape index (κ3) is 3.31. The number of rotatable bonds is 4. The molecule has 1 heterocycles. The SMILES string of the molecule is COC(=O)Cn1nc(-c2cccc(C)c2)cc1-c1ccccc1. The van der Waals surface area contributed by atoms with Crippen molar-refractivity contribution in [1.29, 1.82) is 0 Å². The molecule has 0 spiro atoms. The van der Waals surface area contributed by atoms with Crippen LogP contribution < -0.4 is 0 Å². The van der Waals surface area contributed by atoms with E-state index < -0.39 is 0 Å². The maximum atomic E-state index is 11.7. The average molecular weight is 306 g/mol. The quantitative estimate of drug-likeness (QED) is 0.690. The first-order valence-corrected chi connectivity index (χ1v) is 7.44. The summed E-state index contributed by atoms with van der Waals surface area (Å²) in [4.78, 5) is 11.7. The van der Waals surface area contributed by atoms with Crippen LogP contribution in [0.2, 0.25) is 0 Å². The number of hydrogen-bond acceptors (Lipinski definition) is 3. The lowest BCUT2D eigenvalue weighted by molar-refractivity contribution is -0.141. The minimum absolute atomic E-state index is 0.0898. The van der Waals surface area contributed by atoms with Gasteiger partial charge in [-0.2, -0.15) is 5.10 Å². The molecule has 4 heteroatoms. The van der Waals surface area contributed by atoms with Crippen LogP contribution in [0.1, 0.15) is 5.56 Å². The van der Waals surface area contributed by atoms with Gasteiger partial charge >= 0.3 is 5.97 Å². The Balaban J connectivity index is 2.08. The molecule has 0 radical (unpaired) electrons. The number of esters is 1. The normalized spacial score (nSPS) is 10.5. The third-order valence-electron chi connectivity index (χ3n) is 3.67. The molecule has 0 aliphatic rings. The zero-order valence-corrected chi connectivity index (χ0v) is 13.2. The van der Waals surface area contributed by atoms with Crippen molar-refractivity contribution in [3.05, 3.63) is 66.2 Å². The fourth-order valence-corrected chi connectivity index (χ4v) is 2.51. The zero-order chi connectivity index (χ0) is 16.2. The van der Waals surface area contributed by atoms with E-state index in [1.165, 1.54) is 12.7 Å². The Morgan fingerprint density at radius 1 is 1.04 bits per heavy atom. The lowest BCUT2D eigenvalue weighted by Crippen LogP contribution is -2.13.